The third-order valence-corrected chi connectivity index (χ3v) is 11.2. The van der Waals surface area contributed by atoms with Crippen molar-refractivity contribution in [3.63, 3.8) is 0 Å². The van der Waals surface area contributed by atoms with Crippen LogP contribution in [0.5, 0.6) is 0 Å². The number of carbonyl (C=O) groups is 1. The zero-order chi connectivity index (χ0) is 35.1. The number of piperazine rings is 1. The molecule has 2 aromatic carbocycles. The van der Waals surface area contributed by atoms with Gasteiger partial charge in [-0.3, -0.25) is 14.2 Å². The lowest BCUT2D eigenvalue weighted by Crippen LogP contribution is -2.49. The number of carbonyl (C=O) groups excluding carboxylic acids is 1. The lowest BCUT2D eigenvalue weighted by Gasteiger charge is -2.37. The molecule has 8 rings (SSSR count). The molecule has 1 saturated heterocycles. The first-order chi connectivity index (χ1) is 24.0. The number of nitrogens with two attached hydrogens (primary N) is 1. The minimum atomic E-state index is -4.23. The second kappa shape index (κ2) is 11.9. The molecule has 3 fully saturated rings. The second-order valence-electron chi connectivity index (χ2n) is 13.2. The largest absolute Gasteiger partial charge is 0.384 e. The van der Waals surface area contributed by atoms with Crippen molar-refractivity contribution in [2.24, 2.45) is 0 Å². The van der Waals surface area contributed by atoms with Gasteiger partial charge in [0, 0.05) is 55.0 Å². The van der Waals surface area contributed by atoms with E-state index in [1.165, 1.54) is 23.0 Å². The molecule has 5 aromatic rings. The van der Waals surface area contributed by atoms with Crippen molar-refractivity contribution in [2.45, 2.75) is 42.4 Å². The Bertz CT molecular complexity index is 2420. The summed E-state index contributed by atoms with van der Waals surface area (Å²) in [6.07, 6.45) is 6.95. The molecule has 2 aliphatic carbocycles. The number of halogens is 2. The van der Waals surface area contributed by atoms with E-state index in [1.807, 2.05) is 12.1 Å². The van der Waals surface area contributed by atoms with Crippen LogP contribution in [0.3, 0.4) is 0 Å². The molecule has 0 radical (unpaired) electrons. The predicted molar refractivity (Wildman–Crippen MR) is 191 cm³/mol. The molecule has 2 N–H and O–H groups in total. The van der Waals surface area contributed by atoms with Crippen molar-refractivity contribution >= 4 is 60.5 Å². The predicted octanol–water partition coefficient (Wildman–Crippen LogP) is 5.36. The first kappa shape index (κ1) is 32.3. The number of amides is 1. The Hall–Kier alpha value is -4.88. The summed E-state index contributed by atoms with van der Waals surface area (Å²) in [5, 5.41) is 1.39. The maximum Gasteiger partial charge on any atom is 0.276 e. The standard InChI is InChI=1S/C36H33ClFN7O4S/c1-3-26(46)43-12-14-44(15-13-43)33-23-17-24(37)27(31-22-7-5-4-6-21(22)16-25(39)42-31)28(38)32(23)45(36(47)35(33)50(2,48)49)34-29(19-8-9-19)40-18-41-30(34)20-10-11-20/h3-7,16-20H,1,8-15H2,2H3,(H2,39,42). The third-order valence-electron chi connectivity index (χ3n) is 9.76. The van der Waals surface area contributed by atoms with E-state index in [0.717, 1.165) is 31.9 Å². The van der Waals surface area contributed by atoms with Gasteiger partial charge in [0.15, 0.2) is 20.5 Å². The summed E-state index contributed by atoms with van der Waals surface area (Å²) >= 11 is 7.01. The zero-order valence-corrected chi connectivity index (χ0v) is 28.8. The molecule has 3 aliphatic rings. The monoisotopic (exact) mass is 713 g/mol. The van der Waals surface area contributed by atoms with Gasteiger partial charge in [-0.05, 0) is 49.3 Å². The Morgan fingerprint density at radius 1 is 1.00 bits per heavy atom. The molecule has 11 nitrogen and oxygen atoms in total. The number of nitrogen functional groups attached to an aromatic ring is 1. The number of aromatic nitrogens is 4. The van der Waals surface area contributed by atoms with Gasteiger partial charge in [0.1, 0.15) is 12.1 Å². The first-order valence-electron chi connectivity index (χ1n) is 16.5. The highest BCUT2D eigenvalue weighted by molar-refractivity contribution is 7.90. The van der Waals surface area contributed by atoms with Crippen LogP contribution in [0, 0.1) is 5.82 Å². The smallest absolute Gasteiger partial charge is 0.276 e. The van der Waals surface area contributed by atoms with Crippen LogP contribution in [0.4, 0.5) is 15.9 Å². The van der Waals surface area contributed by atoms with Gasteiger partial charge in [-0.15, -0.1) is 0 Å². The van der Waals surface area contributed by atoms with E-state index in [2.05, 4.69) is 21.5 Å². The number of nitrogens with zero attached hydrogens (tertiary/aromatic N) is 6. The van der Waals surface area contributed by atoms with Crippen LogP contribution in [-0.2, 0) is 14.6 Å². The average molecular weight is 714 g/mol. The maximum absolute atomic E-state index is 17.9. The molecular weight excluding hydrogens is 681 g/mol. The first-order valence-corrected chi connectivity index (χ1v) is 18.7. The van der Waals surface area contributed by atoms with Crippen molar-refractivity contribution in [1.82, 2.24) is 24.4 Å². The molecule has 3 aromatic heterocycles. The normalized spacial score (nSPS) is 16.7. The fourth-order valence-corrected chi connectivity index (χ4v) is 8.43. The fourth-order valence-electron chi connectivity index (χ4n) is 7.15. The summed E-state index contributed by atoms with van der Waals surface area (Å²) in [4.78, 5) is 44.0. The van der Waals surface area contributed by atoms with Crippen LogP contribution >= 0.6 is 11.6 Å². The molecule has 0 unspecified atom stereocenters. The maximum atomic E-state index is 17.9. The highest BCUT2D eigenvalue weighted by Crippen LogP contribution is 2.49. The molecule has 256 valence electrons. The quantitative estimate of drug-likeness (QED) is 0.220. The number of pyridine rings is 2. The Balaban J connectivity index is 1.52. The van der Waals surface area contributed by atoms with Crippen molar-refractivity contribution in [3.05, 3.63) is 88.0 Å². The molecule has 1 amide bonds. The van der Waals surface area contributed by atoms with Crippen molar-refractivity contribution in [3.8, 4) is 16.9 Å². The van der Waals surface area contributed by atoms with Gasteiger partial charge in [-0.1, -0.05) is 42.4 Å². The Morgan fingerprint density at radius 2 is 1.64 bits per heavy atom. The number of rotatable bonds is 7. The van der Waals surface area contributed by atoms with Gasteiger partial charge in [0.25, 0.3) is 5.56 Å². The van der Waals surface area contributed by atoms with E-state index in [-0.39, 0.29) is 82.6 Å². The van der Waals surface area contributed by atoms with E-state index in [1.54, 1.807) is 28.0 Å². The van der Waals surface area contributed by atoms with Gasteiger partial charge < -0.3 is 15.5 Å². The third kappa shape index (κ3) is 5.30. The molecule has 4 heterocycles. The zero-order valence-electron chi connectivity index (χ0n) is 27.2. The van der Waals surface area contributed by atoms with E-state index < -0.39 is 26.1 Å². The Kier molecular flexibility index (Phi) is 7.68. The minimum Gasteiger partial charge on any atom is -0.384 e. The Labute approximate surface area is 292 Å². The molecule has 0 bridgehead atoms. The summed E-state index contributed by atoms with van der Waals surface area (Å²) < 4.78 is 46.6. The van der Waals surface area contributed by atoms with Crippen molar-refractivity contribution in [2.75, 3.05) is 43.1 Å². The summed E-state index contributed by atoms with van der Waals surface area (Å²) in [6.45, 7) is 4.39. The number of benzene rings is 2. The summed E-state index contributed by atoms with van der Waals surface area (Å²) in [5.41, 5.74) is 6.77. The van der Waals surface area contributed by atoms with Crippen molar-refractivity contribution < 1.29 is 17.6 Å². The van der Waals surface area contributed by atoms with Crippen LogP contribution in [0.2, 0.25) is 5.02 Å². The molecule has 0 atom stereocenters. The topological polar surface area (TPSA) is 144 Å². The molecule has 0 spiro atoms. The summed E-state index contributed by atoms with van der Waals surface area (Å²) in [5.74, 6) is -0.951. The molecule has 50 heavy (non-hydrogen) atoms. The second-order valence-corrected chi connectivity index (χ2v) is 15.6. The molecular formula is C36H33ClFN7O4S. The summed E-state index contributed by atoms with van der Waals surface area (Å²) in [7, 11) is -4.23. The van der Waals surface area contributed by atoms with Crippen LogP contribution in [-0.4, -0.2) is 71.2 Å². The van der Waals surface area contributed by atoms with Crippen LogP contribution in [0.1, 0.15) is 48.9 Å². The number of anilines is 2. The van der Waals surface area contributed by atoms with E-state index in [4.69, 9.17) is 17.3 Å². The molecule has 1 aliphatic heterocycles. The molecule has 2 saturated carbocycles. The van der Waals surface area contributed by atoms with E-state index in [0.29, 0.717) is 27.8 Å². The minimum absolute atomic E-state index is 0.0126. The molecule has 14 heteroatoms. The van der Waals surface area contributed by atoms with Gasteiger partial charge in [0.05, 0.1) is 44.6 Å². The fraction of sp³-hybridized carbons (Fsp3) is 0.306. The van der Waals surface area contributed by atoms with Crippen LogP contribution < -0.4 is 16.2 Å². The van der Waals surface area contributed by atoms with E-state index >= 15 is 9.18 Å². The van der Waals surface area contributed by atoms with Gasteiger partial charge in [-0.25, -0.2) is 27.8 Å². The van der Waals surface area contributed by atoms with Crippen LogP contribution in [0.15, 0.2) is 65.1 Å². The Morgan fingerprint density at radius 3 is 2.24 bits per heavy atom. The number of hydrogen-bond donors (Lipinski definition) is 1. The average Bonchev–Trinajstić information content (AvgIpc) is 4.01. The summed E-state index contributed by atoms with van der Waals surface area (Å²) in [6, 6.07) is 10.4. The van der Waals surface area contributed by atoms with Gasteiger partial charge in [0.2, 0.25) is 5.91 Å². The lowest BCUT2D eigenvalue weighted by atomic mass is 9.99. The van der Waals surface area contributed by atoms with Crippen LogP contribution in [0.25, 0.3) is 38.6 Å². The van der Waals surface area contributed by atoms with Crippen molar-refractivity contribution in [1.29, 1.82) is 0 Å². The van der Waals surface area contributed by atoms with Gasteiger partial charge in [-0.2, -0.15) is 0 Å². The van der Waals surface area contributed by atoms with Gasteiger partial charge >= 0.3 is 0 Å². The number of fused-ring (bicyclic) bond motifs is 2. The SMILES string of the molecule is C=CC(=O)N1CCN(c2c(S(C)(=O)=O)c(=O)n(-c3c(C4CC4)ncnc3C3CC3)c3c(F)c(-c4nc(N)cc5ccccc45)c(Cl)cc23)CC1. The lowest BCUT2D eigenvalue weighted by molar-refractivity contribution is -0.126. The highest BCUT2D eigenvalue weighted by atomic mass is 35.5. The van der Waals surface area contributed by atoms with E-state index in [9.17, 15) is 13.2 Å². The highest BCUT2D eigenvalue weighted by Gasteiger charge is 2.39. The number of hydrogen-bond acceptors (Lipinski definition) is 9. The number of sulfone groups is 1.